The standard InChI is InChI=1S/C14H11NO/c1-10-5-4-6-11(9-10)14-12-7-2-3-8-13(12)16-15-14/h2-9H,1H3. The van der Waals surface area contributed by atoms with Gasteiger partial charge in [-0.2, -0.15) is 0 Å². The summed E-state index contributed by atoms with van der Waals surface area (Å²) in [5.41, 5.74) is 4.08. The number of hydrogen-bond acceptors (Lipinski definition) is 2. The van der Waals surface area contributed by atoms with Gasteiger partial charge in [0.05, 0.1) is 0 Å². The number of rotatable bonds is 1. The van der Waals surface area contributed by atoms with Gasteiger partial charge in [0, 0.05) is 10.9 Å². The molecule has 0 aliphatic rings. The fraction of sp³-hybridized carbons (Fsp3) is 0.0714. The highest BCUT2D eigenvalue weighted by Crippen LogP contribution is 2.27. The molecule has 2 heteroatoms. The maximum absolute atomic E-state index is 5.29. The number of nitrogens with zero attached hydrogens (tertiary/aromatic N) is 1. The largest absolute Gasteiger partial charge is 0.356 e. The lowest BCUT2D eigenvalue weighted by Gasteiger charge is -1.97. The van der Waals surface area contributed by atoms with Gasteiger partial charge in [0.1, 0.15) is 5.69 Å². The fourth-order valence-corrected chi connectivity index (χ4v) is 1.89. The van der Waals surface area contributed by atoms with Crippen LogP contribution in [0, 0.1) is 6.92 Å². The Kier molecular flexibility index (Phi) is 2.00. The lowest BCUT2D eigenvalue weighted by Crippen LogP contribution is -1.79. The monoisotopic (exact) mass is 209 g/mol. The van der Waals surface area contributed by atoms with Crippen LogP contribution in [0.1, 0.15) is 5.56 Å². The van der Waals surface area contributed by atoms with Crippen molar-refractivity contribution in [3.63, 3.8) is 0 Å². The van der Waals surface area contributed by atoms with E-state index in [2.05, 4.69) is 30.3 Å². The van der Waals surface area contributed by atoms with Crippen LogP contribution in [-0.2, 0) is 0 Å². The molecule has 0 N–H and O–H groups in total. The average molecular weight is 209 g/mol. The molecule has 2 nitrogen and oxygen atoms in total. The molecule has 0 aliphatic carbocycles. The molecule has 0 atom stereocenters. The van der Waals surface area contributed by atoms with Gasteiger partial charge in [0.15, 0.2) is 5.58 Å². The Morgan fingerprint density at radius 3 is 2.75 bits per heavy atom. The Hall–Kier alpha value is -2.09. The lowest BCUT2D eigenvalue weighted by molar-refractivity contribution is 0.459. The van der Waals surface area contributed by atoms with E-state index in [-0.39, 0.29) is 0 Å². The second-order valence-electron chi connectivity index (χ2n) is 3.90. The first kappa shape index (κ1) is 9.16. The van der Waals surface area contributed by atoms with Gasteiger partial charge in [0.2, 0.25) is 0 Å². The van der Waals surface area contributed by atoms with Gasteiger partial charge >= 0.3 is 0 Å². The van der Waals surface area contributed by atoms with Crippen LogP contribution in [-0.4, -0.2) is 5.16 Å². The van der Waals surface area contributed by atoms with Crippen LogP contribution < -0.4 is 0 Å². The third kappa shape index (κ3) is 1.39. The van der Waals surface area contributed by atoms with Crippen LogP contribution in [0.3, 0.4) is 0 Å². The van der Waals surface area contributed by atoms with E-state index >= 15 is 0 Å². The quantitative estimate of drug-likeness (QED) is 0.609. The molecule has 0 spiro atoms. The number of aromatic nitrogens is 1. The minimum atomic E-state index is 0.832. The SMILES string of the molecule is Cc1cccc(-c2noc3ccccc23)c1. The van der Waals surface area contributed by atoms with Crippen molar-refractivity contribution in [2.24, 2.45) is 0 Å². The van der Waals surface area contributed by atoms with Gasteiger partial charge in [-0.3, -0.25) is 0 Å². The third-order valence-electron chi connectivity index (χ3n) is 2.67. The van der Waals surface area contributed by atoms with Crippen LogP contribution in [0.5, 0.6) is 0 Å². The number of hydrogen-bond donors (Lipinski definition) is 0. The Morgan fingerprint density at radius 1 is 1.00 bits per heavy atom. The van der Waals surface area contributed by atoms with E-state index < -0.39 is 0 Å². The third-order valence-corrected chi connectivity index (χ3v) is 2.67. The Balaban J connectivity index is 2.26. The van der Waals surface area contributed by atoms with Crippen molar-refractivity contribution in [2.45, 2.75) is 6.92 Å². The lowest BCUT2D eigenvalue weighted by atomic mass is 10.1. The van der Waals surface area contributed by atoms with Gasteiger partial charge in [0.25, 0.3) is 0 Å². The number of aryl methyl sites for hydroxylation is 1. The van der Waals surface area contributed by atoms with Gasteiger partial charge < -0.3 is 4.52 Å². The molecule has 3 rings (SSSR count). The van der Waals surface area contributed by atoms with Crippen molar-refractivity contribution in [3.05, 3.63) is 54.1 Å². The molecular formula is C14H11NO. The highest BCUT2D eigenvalue weighted by Gasteiger charge is 2.08. The van der Waals surface area contributed by atoms with Crippen LogP contribution in [0.2, 0.25) is 0 Å². The maximum Gasteiger partial charge on any atom is 0.167 e. The molecule has 2 aromatic carbocycles. The molecule has 3 aromatic rings. The Morgan fingerprint density at radius 2 is 1.88 bits per heavy atom. The summed E-state index contributed by atoms with van der Waals surface area (Å²) in [6.45, 7) is 2.08. The minimum absolute atomic E-state index is 0.832. The van der Waals surface area contributed by atoms with E-state index in [1.807, 2.05) is 30.3 Å². The molecule has 0 saturated carbocycles. The van der Waals surface area contributed by atoms with Gasteiger partial charge in [-0.1, -0.05) is 41.1 Å². The average Bonchev–Trinajstić information content (AvgIpc) is 2.72. The van der Waals surface area contributed by atoms with Crippen LogP contribution in [0.4, 0.5) is 0 Å². The molecule has 0 amide bonds. The maximum atomic E-state index is 5.29. The topological polar surface area (TPSA) is 26.0 Å². The summed E-state index contributed by atoms with van der Waals surface area (Å²) in [4.78, 5) is 0. The molecule has 0 unspecified atom stereocenters. The van der Waals surface area contributed by atoms with E-state index in [4.69, 9.17) is 4.52 Å². The molecule has 78 valence electrons. The smallest absolute Gasteiger partial charge is 0.167 e. The summed E-state index contributed by atoms with van der Waals surface area (Å²) in [5, 5.41) is 5.19. The van der Waals surface area contributed by atoms with Crippen LogP contribution in [0.25, 0.3) is 22.2 Å². The van der Waals surface area contributed by atoms with E-state index in [9.17, 15) is 0 Å². The molecule has 0 saturated heterocycles. The van der Waals surface area contributed by atoms with Gasteiger partial charge in [-0.25, -0.2) is 0 Å². The Labute approximate surface area is 93.5 Å². The predicted molar refractivity (Wildman–Crippen MR) is 64.2 cm³/mol. The van der Waals surface area contributed by atoms with E-state index in [0.29, 0.717) is 0 Å². The van der Waals surface area contributed by atoms with Crippen molar-refractivity contribution < 1.29 is 4.52 Å². The second kappa shape index (κ2) is 3.49. The molecule has 1 heterocycles. The van der Waals surface area contributed by atoms with E-state index in [1.165, 1.54) is 5.56 Å². The number of benzene rings is 2. The van der Waals surface area contributed by atoms with E-state index in [1.54, 1.807) is 0 Å². The summed E-state index contributed by atoms with van der Waals surface area (Å²) < 4.78 is 5.29. The summed E-state index contributed by atoms with van der Waals surface area (Å²) in [5.74, 6) is 0. The zero-order valence-corrected chi connectivity index (χ0v) is 8.97. The molecule has 0 radical (unpaired) electrons. The zero-order valence-electron chi connectivity index (χ0n) is 8.97. The highest BCUT2D eigenvalue weighted by molar-refractivity contribution is 5.91. The molecule has 1 aromatic heterocycles. The summed E-state index contributed by atoms with van der Waals surface area (Å²) in [6.07, 6.45) is 0. The number of para-hydroxylation sites is 1. The van der Waals surface area contributed by atoms with Crippen molar-refractivity contribution in [2.75, 3.05) is 0 Å². The summed E-state index contributed by atoms with van der Waals surface area (Å²) in [6, 6.07) is 16.2. The van der Waals surface area contributed by atoms with Crippen molar-refractivity contribution in [1.82, 2.24) is 5.16 Å². The normalized spacial score (nSPS) is 10.8. The predicted octanol–water partition coefficient (Wildman–Crippen LogP) is 3.80. The molecule has 16 heavy (non-hydrogen) atoms. The van der Waals surface area contributed by atoms with Crippen molar-refractivity contribution >= 4 is 11.0 Å². The fourth-order valence-electron chi connectivity index (χ4n) is 1.89. The van der Waals surface area contributed by atoms with Crippen molar-refractivity contribution in [3.8, 4) is 11.3 Å². The summed E-state index contributed by atoms with van der Waals surface area (Å²) in [7, 11) is 0. The van der Waals surface area contributed by atoms with Crippen LogP contribution in [0.15, 0.2) is 53.1 Å². The molecule has 0 fully saturated rings. The highest BCUT2D eigenvalue weighted by atomic mass is 16.5. The summed E-state index contributed by atoms with van der Waals surface area (Å²) >= 11 is 0. The zero-order chi connectivity index (χ0) is 11.0. The number of fused-ring (bicyclic) bond motifs is 1. The first-order valence-electron chi connectivity index (χ1n) is 5.26. The molecular weight excluding hydrogens is 198 g/mol. The van der Waals surface area contributed by atoms with Crippen molar-refractivity contribution in [1.29, 1.82) is 0 Å². The van der Waals surface area contributed by atoms with Gasteiger partial charge in [-0.15, -0.1) is 0 Å². The minimum Gasteiger partial charge on any atom is -0.356 e. The first-order valence-corrected chi connectivity index (χ1v) is 5.26. The molecule has 0 bridgehead atoms. The van der Waals surface area contributed by atoms with Gasteiger partial charge in [-0.05, 0) is 25.1 Å². The van der Waals surface area contributed by atoms with E-state index in [0.717, 1.165) is 22.2 Å². The van der Waals surface area contributed by atoms with Crippen LogP contribution >= 0.6 is 0 Å². The second-order valence-corrected chi connectivity index (χ2v) is 3.90. The Bertz CT molecular complexity index is 640. The first-order chi connectivity index (χ1) is 7.84. The molecule has 0 aliphatic heterocycles.